The topological polar surface area (TPSA) is 59.0 Å². The molecule has 5 nitrogen and oxygen atoms in total. The predicted molar refractivity (Wildman–Crippen MR) is 139 cm³/mol. The molecule has 0 spiro atoms. The Bertz CT molecular complexity index is 932. The third-order valence-corrected chi connectivity index (χ3v) is 8.37. The number of carbonyl (C=O) groups excluding carboxylic acids is 1. The standard InChI is InChI=1S/C27H41NO4Si/c1-26(2,3)22-15-20(16-23(25(22)30)27(4,5)6)31-18-33(9,10)21-13-11-19(12-14-21)32-24(29)17-28(7)8/h11-16,30H,17-18H2,1-10H3. The lowest BCUT2D eigenvalue weighted by Gasteiger charge is -2.29. The van der Waals surface area contributed by atoms with Crippen LogP contribution in [-0.2, 0) is 15.6 Å². The Morgan fingerprint density at radius 1 is 0.909 bits per heavy atom. The van der Waals surface area contributed by atoms with E-state index < -0.39 is 8.07 Å². The normalized spacial score (nSPS) is 12.7. The van der Waals surface area contributed by atoms with Gasteiger partial charge in [-0.3, -0.25) is 9.69 Å². The highest BCUT2D eigenvalue weighted by Gasteiger charge is 2.29. The zero-order valence-corrected chi connectivity index (χ0v) is 23.0. The fraction of sp³-hybridized carbons (Fsp3) is 0.519. The van der Waals surface area contributed by atoms with E-state index in [2.05, 4.69) is 54.6 Å². The van der Waals surface area contributed by atoms with Crippen molar-refractivity contribution in [2.75, 3.05) is 26.9 Å². The number of esters is 1. The molecule has 1 N–H and O–H groups in total. The number of hydrogen-bond donors (Lipinski definition) is 1. The van der Waals surface area contributed by atoms with Crippen LogP contribution in [0, 0.1) is 0 Å². The number of rotatable bonds is 7. The molecule has 0 bridgehead atoms. The second-order valence-electron chi connectivity index (χ2n) is 11.8. The minimum atomic E-state index is -1.92. The Morgan fingerprint density at radius 2 is 1.39 bits per heavy atom. The van der Waals surface area contributed by atoms with Crippen molar-refractivity contribution in [1.82, 2.24) is 4.90 Å². The SMILES string of the molecule is CN(C)CC(=O)Oc1ccc([Si](C)(C)COc2cc(C(C)(C)C)c(O)c(C(C)(C)C)c2)cc1. The van der Waals surface area contributed by atoms with Crippen LogP contribution < -0.4 is 14.7 Å². The van der Waals surface area contributed by atoms with E-state index in [0.717, 1.165) is 16.9 Å². The number of nitrogens with zero attached hydrogens (tertiary/aromatic N) is 1. The Morgan fingerprint density at radius 3 is 1.82 bits per heavy atom. The molecule has 0 atom stereocenters. The van der Waals surface area contributed by atoms with Crippen LogP contribution in [0.2, 0.25) is 13.1 Å². The van der Waals surface area contributed by atoms with Gasteiger partial charge in [0.25, 0.3) is 0 Å². The molecule has 33 heavy (non-hydrogen) atoms. The average molecular weight is 472 g/mol. The zero-order valence-electron chi connectivity index (χ0n) is 22.0. The highest BCUT2D eigenvalue weighted by atomic mass is 28.3. The molecule has 6 heteroatoms. The number of aromatic hydroxyl groups is 1. The molecule has 0 aromatic heterocycles. The van der Waals surface area contributed by atoms with Crippen LogP contribution in [0.25, 0.3) is 0 Å². The van der Waals surface area contributed by atoms with E-state index in [0.29, 0.717) is 17.7 Å². The van der Waals surface area contributed by atoms with Crippen LogP contribution >= 0.6 is 0 Å². The molecule has 182 valence electrons. The van der Waals surface area contributed by atoms with Gasteiger partial charge in [-0.2, -0.15) is 0 Å². The molecule has 2 rings (SSSR count). The third kappa shape index (κ3) is 7.34. The molecule has 0 aliphatic carbocycles. The Kier molecular flexibility index (Phi) is 8.08. The maximum absolute atomic E-state index is 11.9. The van der Waals surface area contributed by atoms with Gasteiger partial charge in [0.15, 0.2) is 0 Å². The summed E-state index contributed by atoms with van der Waals surface area (Å²) in [6.07, 6.45) is 0.602. The lowest BCUT2D eigenvalue weighted by atomic mass is 9.79. The summed E-state index contributed by atoms with van der Waals surface area (Å²) in [5.74, 6) is 1.43. The number of carbonyl (C=O) groups is 1. The number of benzene rings is 2. The van der Waals surface area contributed by atoms with E-state index in [-0.39, 0.29) is 23.3 Å². The number of phenols is 1. The van der Waals surface area contributed by atoms with Crippen molar-refractivity contribution < 1.29 is 19.4 Å². The summed E-state index contributed by atoms with van der Waals surface area (Å²) in [5, 5.41) is 12.2. The first-order valence-corrected chi connectivity index (χ1v) is 14.7. The minimum Gasteiger partial charge on any atom is -0.507 e. The molecular weight excluding hydrogens is 430 g/mol. The lowest BCUT2D eigenvalue weighted by Crippen LogP contribution is -2.47. The van der Waals surface area contributed by atoms with Gasteiger partial charge in [0.2, 0.25) is 0 Å². The van der Waals surface area contributed by atoms with Crippen LogP contribution in [0.1, 0.15) is 52.7 Å². The first-order valence-electron chi connectivity index (χ1n) is 11.5. The van der Waals surface area contributed by atoms with Gasteiger partial charge in [-0.05, 0) is 49.2 Å². The minimum absolute atomic E-state index is 0.198. The molecule has 0 unspecified atom stereocenters. The molecule has 0 heterocycles. The van der Waals surface area contributed by atoms with Crippen molar-refractivity contribution in [3.63, 3.8) is 0 Å². The van der Waals surface area contributed by atoms with E-state index in [1.54, 1.807) is 4.90 Å². The largest absolute Gasteiger partial charge is 0.507 e. The van der Waals surface area contributed by atoms with E-state index in [1.165, 1.54) is 5.19 Å². The van der Waals surface area contributed by atoms with Crippen molar-refractivity contribution in [3.8, 4) is 17.2 Å². The van der Waals surface area contributed by atoms with Crippen molar-refractivity contribution in [2.45, 2.75) is 65.5 Å². The molecule has 0 aliphatic rings. The number of hydrogen-bond acceptors (Lipinski definition) is 5. The molecule has 0 amide bonds. The summed E-state index contributed by atoms with van der Waals surface area (Å²) < 4.78 is 11.8. The highest BCUT2D eigenvalue weighted by molar-refractivity contribution is 6.89. The van der Waals surface area contributed by atoms with Gasteiger partial charge >= 0.3 is 5.97 Å². The molecular formula is C27H41NO4Si. The van der Waals surface area contributed by atoms with Crippen LogP contribution in [0.3, 0.4) is 0 Å². The van der Waals surface area contributed by atoms with Crippen molar-refractivity contribution in [2.24, 2.45) is 0 Å². The summed E-state index contributed by atoms with van der Waals surface area (Å²) in [4.78, 5) is 13.7. The first-order chi connectivity index (χ1) is 15.0. The summed E-state index contributed by atoms with van der Waals surface area (Å²) in [7, 11) is 1.74. The number of phenolic OH excluding ortho intramolecular Hbond substituents is 1. The van der Waals surface area contributed by atoms with Gasteiger partial charge in [0.05, 0.1) is 12.8 Å². The maximum atomic E-state index is 11.9. The Hall–Kier alpha value is -2.31. The van der Waals surface area contributed by atoms with Gasteiger partial charge < -0.3 is 14.6 Å². The number of likely N-dealkylation sites (N-methyl/N-ethyl adjacent to an activating group) is 1. The van der Waals surface area contributed by atoms with Crippen LogP contribution in [0.4, 0.5) is 0 Å². The molecule has 0 radical (unpaired) electrons. The lowest BCUT2D eigenvalue weighted by molar-refractivity contribution is -0.135. The van der Waals surface area contributed by atoms with Gasteiger partial charge in [0.1, 0.15) is 25.3 Å². The summed E-state index contributed by atoms with van der Waals surface area (Å²) in [5.41, 5.74) is 1.40. The van der Waals surface area contributed by atoms with Crippen molar-refractivity contribution in [3.05, 3.63) is 47.5 Å². The first kappa shape index (κ1) is 26.9. The fourth-order valence-corrected chi connectivity index (χ4v) is 5.34. The van der Waals surface area contributed by atoms with Crippen molar-refractivity contribution in [1.29, 1.82) is 0 Å². The summed E-state index contributed by atoms with van der Waals surface area (Å²) in [6.45, 7) is 17.4. The summed E-state index contributed by atoms with van der Waals surface area (Å²) in [6, 6.07) is 11.7. The van der Waals surface area contributed by atoms with Gasteiger partial charge in [-0.1, -0.05) is 72.0 Å². The van der Waals surface area contributed by atoms with E-state index in [4.69, 9.17) is 9.47 Å². The second kappa shape index (κ2) is 9.90. The molecule has 2 aromatic rings. The smallest absolute Gasteiger partial charge is 0.325 e. The molecule has 0 saturated heterocycles. The van der Waals surface area contributed by atoms with Gasteiger partial charge in [0, 0.05) is 11.1 Å². The maximum Gasteiger partial charge on any atom is 0.325 e. The van der Waals surface area contributed by atoms with Crippen LogP contribution in [0.15, 0.2) is 36.4 Å². The van der Waals surface area contributed by atoms with Crippen molar-refractivity contribution >= 4 is 19.2 Å². The van der Waals surface area contributed by atoms with E-state index in [9.17, 15) is 9.90 Å². The monoisotopic (exact) mass is 471 g/mol. The molecule has 0 saturated carbocycles. The van der Waals surface area contributed by atoms with Crippen LogP contribution in [0.5, 0.6) is 17.2 Å². The van der Waals surface area contributed by atoms with E-state index in [1.807, 2.05) is 50.5 Å². The molecule has 0 aliphatic heterocycles. The molecule has 2 aromatic carbocycles. The second-order valence-corrected chi connectivity index (χ2v) is 16.4. The average Bonchev–Trinajstić information content (AvgIpc) is 2.65. The van der Waals surface area contributed by atoms with E-state index >= 15 is 0 Å². The van der Waals surface area contributed by atoms with Crippen LogP contribution in [-0.4, -0.2) is 50.9 Å². The highest BCUT2D eigenvalue weighted by Crippen LogP contribution is 2.41. The van der Waals surface area contributed by atoms with Gasteiger partial charge in [-0.25, -0.2) is 0 Å². The third-order valence-electron chi connectivity index (χ3n) is 5.61. The Balaban J connectivity index is 2.22. The summed E-state index contributed by atoms with van der Waals surface area (Å²) >= 11 is 0. The fourth-order valence-electron chi connectivity index (χ4n) is 3.58. The predicted octanol–water partition coefficient (Wildman–Crippen LogP) is 4.99. The Labute approximate surface area is 200 Å². The number of ether oxygens (including phenoxy) is 2. The molecule has 0 fully saturated rings. The quantitative estimate of drug-likeness (QED) is 0.350. The zero-order chi connectivity index (χ0) is 25.2. The van der Waals surface area contributed by atoms with Gasteiger partial charge in [-0.15, -0.1) is 0 Å².